The summed E-state index contributed by atoms with van der Waals surface area (Å²) in [5, 5.41) is 11.1. The fourth-order valence-corrected chi connectivity index (χ4v) is 3.10. The summed E-state index contributed by atoms with van der Waals surface area (Å²) in [6, 6.07) is 0. The van der Waals surface area contributed by atoms with Gasteiger partial charge >= 0.3 is 0 Å². The van der Waals surface area contributed by atoms with Crippen LogP contribution in [0.1, 0.15) is 35.8 Å². The number of rotatable bonds is 3. The number of thiazole rings is 1. The number of aromatic nitrogens is 1. The van der Waals surface area contributed by atoms with Crippen LogP contribution in [0.2, 0.25) is 0 Å². The largest absolute Gasteiger partial charge is 0.392 e. The van der Waals surface area contributed by atoms with Gasteiger partial charge in [0.05, 0.1) is 16.8 Å². The highest BCUT2D eigenvalue weighted by Gasteiger charge is 2.49. The van der Waals surface area contributed by atoms with Crippen LogP contribution in [0.15, 0.2) is 0 Å². The third-order valence-electron chi connectivity index (χ3n) is 3.51. The average molecular weight is 225 g/mol. The van der Waals surface area contributed by atoms with Gasteiger partial charge in [0.1, 0.15) is 0 Å². The van der Waals surface area contributed by atoms with Gasteiger partial charge in [0.15, 0.2) is 0 Å². The van der Waals surface area contributed by atoms with Crippen molar-refractivity contribution in [1.82, 2.24) is 4.98 Å². The number of aryl methyl sites for hydroxylation is 2. The average Bonchev–Trinajstić information content (AvgIpc) is 2.63. The Labute approximate surface area is 95.4 Å². The van der Waals surface area contributed by atoms with Crippen LogP contribution in [0, 0.1) is 25.2 Å². The second-order valence-corrected chi connectivity index (χ2v) is 6.61. The van der Waals surface area contributed by atoms with Gasteiger partial charge in [-0.15, -0.1) is 11.3 Å². The highest BCUT2D eigenvalue weighted by molar-refractivity contribution is 7.11. The van der Waals surface area contributed by atoms with Crippen molar-refractivity contribution < 1.29 is 5.11 Å². The summed E-state index contributed by atoms with van der Waals surface area (Å²) in [6.07, 6.45) is 1.68. The number of hydrogen-bond donors (Lipinski definition) is 1. The molecule has 0 aromatic carbocycles. The first-order valence-corrected chi connectivity index (χ1v) is 6.33. The molecule has 0 aliphatic heterocycles. The van der Waals surface area contributed by atoms with Gasteiger partial charge in [-0.05, 0) is 31.6 Å². The molecule has 1 aliphatic carbocycles. The fourth-order valence-electron chi connectivity index (χ4n) is 2.11. The maximum absolute atomic E-state index is 10.0. The monoisotopic (exact) mass is 225 g/mol. The highest BCUT2D eigenvalue weighted by atomic mass is 32.1. The second kappa shape index (κ2) is 3.56. The van der Waals surface area contributed by atoms with Gasteiger partial charge < -0.3 is 5.11 Å². The minimum Gasteiger partial charge on any atom is -0.392 e. The summed E-state index contributed by atoms with van der Waals surface area (Å²) in [5.74, 6) is 0.474. The lowest BCUT2D eigenvalue weighted by Crippen LogP contribution is -2.16. The van der Waals surface area contributed by atoms with Crippen molar-refractivity contribution in [2.24, 2.45) is 11.3 Å². The molecule has 1 saturated carbocycles. The normalized spacial score (nSPS) is 25.3. The molecule has 0 radical (unpaired) electrons. The van der Waals surface area contributed by atoms with E-state index >= 15 is 0 Å². The van der Waals surface area contributed by atoms with Crippen LogP contribution in [0.4, 0.5) is 0 Å². The van der Waals surface area contributed by atoms with Gasteiger partial charge in [0.25, 0.3) is 0 Å². The van der Waals surface area contributed by atoms with Crippen LogP contribution in [0.5, 0.6) is 0 Å². The van der Waals surface area contributed by atoms with E-state index in [1.807, 2.05) is 6.92 Å². The Balaban J connectivity index is 1.98. The molecule has 1 fully saturated rings. The van der Waals surface area contributed by atoms with Gasteiger partial charge in [-0.2, -0.15) is 0 Å². The highest BCUT2D eigenvalue weighted by Crippen LogP contribution is 2.54. The maximum Gasteiger partial charge on any atom is 0.0956 e. The summed E-state index contributed by atoms with van der Waals surface area (Å²) in [6.45, 7) is 8.56. The number of aliphatic hydroxyl groups is 1. The minimum absolute atomic E-state index is 0.204. The minimum atomic E-state index is -0.204. The molecule has 1 heterocycles. The van der Waals surface area contributed by atoms with E-state index in [1.165, 1.54) is 4.88 Å². The van der Waals surface area contributed by atoms with Gasteiger partial charge in [-0.3, -0.25) is 0 Å². The molecule has 1 N–H and O–H groups in total. The summed E-state index contributed by atoms with van der Waals surface area (Å²) in [4.78, 5) is 5.74. The molecule has 0 spiro atoms. The van der Waals surface area contributed by atoms with Crippen molar-refractivity contribution in [3.05, 3.63) is 15.6 Å². The van der Waals surface area contributed by atoms with Crippen molar-refractivity contribution in [2.45, 2.75) is 46.6 Å². The molecule has 1 aromatic heterocycles. The Bertz CT molecular complexity index is 350. The quantitative estimate of drug-likeness (QED) is 0.858. The van der Waals surface area contributed by atoms with Crippen LogP contribution in [-0.2, 0) is 6.42 Å². The molecule has 1 aromatic rings. The van der Waals surface area contributed by atoms with Gasteiger partial charge in [0, 0.05) is 11.3 Å². The Hall–Kier alpha value is -0.410. The zero-order valence-electron chi connectivity index (χ0n) is 9.87. The first-order valence-electron chi connectivity index (χ1n) is 5.51. The van der Waals surface area contributed by atoms with Gasteiger partial charge in [-0.1, -0.05) is 13.8 Å². The second-order valence-electron chi connectivity index (χ2n) is 5.32. The molecular weight excluding hydrogens is 206 g/mol. The molecule has 0 amide bonds. The van der Waals surface area contributed by atoms with E-state index in [0.29, 0.717) is 11.3 Å². The number of nitrogens with zero attached hydrogens (tertiary/aromatic N) is 1. The molecule has 2 unspecified atom stereocenters. The van der Waals surface area contributed by atoms with Crippen LogP contribution in [-0.4, -0.2) is 16.2 Å². The predicted octanol–water partition coefficient (Wildman–Crippen LogP) is 2.71. The molecule has 84 valence electrons. The molecule has 2 nitrogen and oxygen atoms in total. The van der Waals surface area contributed by atoms with Gasteiger partial charge in [-0.25, -0.2) is 4.98 Å². The van der Waals surface area contributed by atoms with Crippen molar-refractivity contribution in [3.63, 3.8) is 0 Å². The molecule has 15 heavy (non-hydrogen) atoms. The van der Waals surface area contributed by atoms with Crippen molar-refractivity contribution >= 4 is 11.3 Å². The third-order valence-corrected chi connectivity index (χ3v) is 4.61. The summed E-state index contributed by atoms with van der Waals surface area (Å²) < 4.78 is 0. The molecule has 0 saturated heterocycles. The predicted molar refractivity (Wildman–Crippen MR) is 63.2 cm³/mol. The lowest BCUT2D eigenvalue weighted by Gasteiger charge is -2.10. The van der Waals surface area contributed by atoms with Crippen LogP contribution in [0.25, 0.3) is 0 Å². The van der Waals surface area contributed by atoms with E-state index in [0.717, 1.165) is 23.5 Å². The molecule has 1 aliphatic rings. The van der Waals surface area contributed by atoms with Crippen LogP contribution in [0.3, 0.4) is 0 Å². The van der Waals surface area contributed by atoms with Gasteiger partial charge in [0.2, 0.25) is 0 Å². The third kappa shape index (κ3) is 2.23. The summed E-state index contributed by atoms with van der Waals surface area (Å²) in [5.41, 5.74) is 1.46. The van der Waals surface area contributed by atoms with Crippen molar-refractivity contribution in [3.8, 4) is 0 Å². The molecule has 2 atom stereocenters. The smallest absolute Gasteiger partial charge is 0.0956 e. The van der Waals surface area contributed by atoms with E-state index in [1.54, 1.807) is 11.3 Å². The standard InChI is InChI=1S/C12H19NOS/c1-7-8(2)15-11(13-7)5-10(14)9-6-12(9,3)4/h9-10,14H,5-6H2,1-4H3. The number of hydrogen-bond acceptors (Lipinski definition) is 3. The topological polar surface area (TPSA) is 33.1 Å². The Morgan fingerprint density at radius 1 is 1.53 bits per heavy atom. The molecule has 0 bridgehead atoms. The lowest BCUT2D eigenvalue weighted by atomic mass is 10.0. The summed E-state index contributed by atoms with van der Waals surface area (Å²) >= 11 is 1.72. The van der Waals surface area contributed by atoms with E-state index in [9.17, 15) is 5.11 Å². The van der Waals surface area contributed by atoms with Crippen LogP contribution >= 0.6 is 11.3 Å². The van der Waals surface area contributed by atoms with E-state index in [2.05, 4.69) is 25.8 Å². The van der Waals surface area contributed by atoms with Crippen molar-refractivity contribution in [2.75, 3.05) is 0 Å². The Kier molecular flexibility index (Phi) is 2.63. The molecule has 3 heteroatoms. The Morgan fingerprint density at radius 2 is 2.13 bits per heavy atom. The zero-order chi connectivity index (χ0) is 11.2. The fraction of sp³-hybridized carbons (Fsp3) is 0.750. The van der Waals surface area contributed by atoms with E-state index < -0.39 is 0 Å². The molecular formula is C12H19NOS. The first-order chi connectivity index (χ1) is 6.90. The van der Waals surface area contributed by atoms with Crippen LogP contribution < -0.4 is 0 Å². The zero-order valence-corrected chi connectivity index (χ0v) is 10.7. The van der Waals surface area contributed by atoms with E-state index in [-0.39, 0.29) is 6.10 Å². The molecule has 2 rings (SSSR count). The maximum atomic E-state index is 10.0. The summed E-state index contributed by atoms with van der Waals surface area (Å²) in [7, 11) is 0. The van der Waals surface area contributed by atoms with E-state index in [4.69, 9.17) is 0 Å². The first kappa shape index (κ1) is 11.1. The lowest BCUT2D eigenvalue weighted by molar-refractivity contribution is 0.137. The number of aliphatic hydroxyl groups excluding tert-OH is 1. The van der Waals surface area contributed by atoms with Crippen molar-refractivity contribution in [1.29, 1.82) is 0 Å². The SMILES string of the molecule is Cc1nc(CC(O)C2CC2(C)C)sc1C. The Morgan fingerprint density at radius 3 is 2.53 bits per heavy atom.